The fourth-order valence-electron chi connectivity index (χ4n) is 3.84. The number of fused-ring (bicyclic) bond motifs is 1. The molecule has 1 saturated heterocycles. The highest BCUT2D eigenvalue weighted by Crippen LogP contribution is 2.33. The molecular formula is C26H23FN2O6S. The lowest BCUT2D eigenvalue weighted by Crippen LogP contribution is -2.36. The Hall–Kier alpha value is -4.05. The van der Waals surface area contributed by atoms with Crippen LogP contribution in [0.25, 0.3) is 11.0 Å². The summed E-state index contributed by atoms with van der Waals surface area (Å²) in [6.45, 7) is 3.54. The first-order valence-electron chi connectivity index (χ1n) is 11.4. The van der Waals surface area contributed by atoms with Crippen LogP contribution in [0.3, 0.4) is 0 Å². The molecule has 8 nitrogen and oxygen atoms in total. The number of hydrogen-bond donors (Lipinski definition) is 1. The monoisotopic (exact) mass is 510 g/mol. The molecule has 4 aromatic rings. The molecule has 0 radical (unpaired) electrons. The van der Waals surface area contributed by atoms with Crippen molar-refractivity contribution in [3.8, 4) is 17.2 Å². The second-order valence-corrected chi connectivity index (χ2v) is 9.83. The van der Waals surface area contributed by atoms with Crippen LogP contribution < -0.4 is 19.1 Å². The number of benzene rings is 3. The number of sulfonamides is 1. The minimum atomic E-state index is -4.41. The van der Waals surface area contributed by atoms with E-state index >= 15 is 0 Å². The minimum absolute atomic E-state index is 0.0491. The Morgan fingerprint density at radius 1 is 1.06 bits per heavy atom. The van der Waals surface area contributed by atoms with Crippen molar-refractivity contribution in [3.05, 3.63) is 78.3 Å². The third-order valence-electron chi connectivity index (χ3n) is 5.73. The van der Waals surface area contributed by atoms with E-state index in [2.05, 4.69) is 0 Å². The summed E-state index contributed by atoms with van der Waals surface area (Å²) in [6, 6.07) is 17.3. The van der Waals surface area contributed by atoms with E-state index in [0.717, 1.165) is 19.5 Å². The molecule has 0 unspecified atom stereocenters. The topological polar surface area (TPSA) is 98.1 Å². The zero-order valence-corrected chi connectivity index (χ0v) is 20.2. The first-order valence-corrected chi connectivity index (χ1v) is 12.9. The van der Waals surface area contributed by atoms with Crippen molar-refractivity contribution in [2.45, 2.75) is 18.2 Å². The molecule has 3 aromatic carbocycles. The molecule has 0 aliphatic carbocycles. The highest BCUT2D eigenvalue weighted by Gasteiger charge is 2.27. The lowest BCUT2D eigenvalue weighted by molar-refractivity contribution is 0.0956. The molecule has 1 aliphatic heterocycles. The molecule has 1 amide bonds. The number of amides is 1. The molecule has 1 aliphatic rings. The van der Waals surface area contributed by atoms with Gasteiger partial charge in [-0.25, -0.2) is 17.5 Å². The van der Waals surface area contributed by atoms with Crippen LogP contribution in [-0.4, -0.2) is 34.0 Å². The van der Waals surface area contributed by atoms with Gasteiger partial charge in [0.25, 0.3) is 10.0 Å². The predicted octanol–water partition coefficient (Wildman–Crippen LogP) is 5.09. The van der Waals surface area contributed by atoms with Crippen molar-refractivity contribution >= 4 is 32.6 Å². The van der Waals surface area contributed by atoms with Gasteiger partial charge in [-0.2, -0.15) is 0 Å². The zero-order chi connectivity index (χ0) is 25.3. The lowest BCUT2D eigenvalue weighted by atomic mass is 10.1. The fourth-order valence-corrected chi connectivity index (χ4v) is 4.96. The summed E-state index contributed by atoms with van der Waals surface area (Å²) in [5.41, 5.74) is 0.810. The summed E-state index contributed by atoms with van der Waals surface area (Å²) < 4.78 is 59.8. The molecule has 10 heteroatoms. The number of halogens is 1. The Balaban J connectivity index is 1.43. The van der Waals surface area contributed by atoms with E-state index in [4.69, 9.17) is 13.9 Å². The van der Waals surface area contributed by atoms with Gasteiger partial charge in [0.05, 0.1) is 12.0 Å². The number of nitrogens with one attached hydrogen (secondary N) is 1. The molecule has 0 saturated carbocycles. The smallest absolute Gasteiger partial charge is 0.300 e. The number of furan rings is 1. The number of nitrogens with zero attached hydrogens (tertiary/aromatic N) is 1. The maximum absolute atomic E-state index is 14.6. The van der Waals surface area contributed by atoms with Crippen molar-refractivity contribution in [2.75, 3.05) is 24.6 Å². The highest BCUT2D eigenvalue weighted by molar-refractivity contribution is 7.90. The van der Waals surface area contributed by atoms with Gasteiger partial charge in [-0.3, -0.25) is 4.79 Å². The zero-order valence-electron chi connectivity index (χ0n) is 19.4. The van der Waals surface area contributed by atoms with Crippen molar-refractivity contribution < 1.29 is 31.5 Å². The Labute approximate surface area is 207 Å². The van der Waals surface area contributed by atoms with Gasteiger partial charge >= 0.3 is 5.91 Å². The summed E-state index contributed by atoms with van der Waals surface area (Å²) in [6.07, 6.45) is 1.02. The molecule has 36 heavy (non-hydrogen) atoms. The standard InChI is InChI=1S/C26H23FN2O6S/c1-2-33-22-10-9-19(34-18-7-4-3-5-8-18)15-25(22)36(31,32)28-26(30)24-16-20-21(27)13-17(14-23(20)35-24)29-11-6-12-29/h3-5,7-10,13-16H,2,6,11-12H2,1H3,(H,28,30). The highest BCUT2D eigenvalue weighted by atomic mass is 32.2. The van der Waals surface area contributed by atoms with Gasteiger partial charge in [0.1, 0.15) is 33.5 Å². The van der Waals surface area contributed by atoms with E-state index in [0.29, 0.717) is 11.4 Å². The molecule has 5 rings (SSSR count). The number of rotatable bonds is 8. The maximum Gasteiger partial charge on any atom is 0.300 e. The number of carbonyl (C=O) groups is 1. The molecule has 1 fully saturated rings. The predicted molar refractivity (Wildman–Crippen MR) is 132 cm³/mol. The minimum Gasteiger partial charge on any atom is -0.492 e. The average molecular weight is 511 g/mol. The van der Waals surface area contributed by atoms with Gasteiger partial charge in [0, 0.05) is 37.0 Å². The van der Waals surface area contributed by atoms with Crippen LogP contribution in [0.2, 0.25) is 0 Å². The molecule has 2 heterocycles. The quantitative estimate of drug-likeness (QED) is 0.353. The van der Waals surface area contributed by atoms with Crippen molar-refractivity contribution in [1.82, 2.24) is 4.72 Å². The fraction of sp³-hybridized carbons (Fsp3) is 0.192. The van der Waals surface area contributed by atoms with E-state index in [1.165, 1.54) is 24.3 Å². The van der Waals surface area contributed by atoms with Crippen LogP contribution >= 0.6 is 0 Å². The number of carbonyl (C=O) groups excluding carboxylic acids is 1. The van der Waals surface area contributed by atoms with Crippen LogP contribution in [0.15, 0.2) is 76.0 Å². The third kappa shape index (κ3) is 4.72. The molecule has 0 spiro atoms. The third-order valence-corrected chi connectivity index (χ3v) is 7.08. The molecular weight excluding hydrogens is 487 g/mol. The number of hydrogen-bond acceptors (Lipinski definition) is 7. The van der Waals surface area contributed by atoms with E-state index < -0.39 is 21.7 Å². The van der Waals surface area contributed by atoms with Gasteiger partial charge < -0.3 is 18.8 Å². The number of anilines is 1. The average Bonchev–Trinajstić information content (AvgIpc) is 3.25. The Kier molecular flexibility index (Phi) is 6.27. The van der Waals surface area contributed by atoms with Crippen LogP contribution in [0, 0.1) is 5.82 Å². The number of ether oxygens (including phenoxy) is 2. The molecule has 0 atom stereocenters. The van der Waals surface area contributed by atoms with E-state index in [1.807, 2.05) is 15.7 Å². The summed E-state index contributed by atoms with van der Waals surface area (Å²) in [5, 5.41) is 0.0927. The number of para-hydroxylation sites is 1. The maximum atomic E-state index is 14.6. The summed E-state index contributed by atoms with van der Waals surface area (Å²) in [4.78, 5) is 14.6. The second-order valence-electron chi connectivity index (χ2n) is 8.18. The molecule has 0 bridgehead atoms. The van der Waals surface area contributed by atoms with Crippen molar-refractivity contribution in [1.29, 1.82) is 0 Å². The van der Waals surface area contributed by atoms with E-state index in [1.54, 1.807) is 43.3 Å². The Bertz CT molecular complexity index is 1530. The van der Waals surface area contributed by atoms with Crippen molar-refractivity contribution in [2.24, 2.45) is 0 Å². The van der Waals surface area contributed by atoms with Gasteiger partial charge in [0.15, 0.2) is 5.76 Å². The largest absolute Gasteiger partial charge is 0.492 e. The van der Waals surface area contributed by atoms with Crippen LogP contribution in [-0.2, 0) is 10.0 Å². The molecule has 1 aromatic heterocycles. The van der Waals surface area contributed by atoms with Gasteiger partial charge in [-0.1, -0.05) is 18.2 Å². The second kappa shape index (κ2) is 9.54. The van der Waals surface area contributed by atoms with E-state index in [9.17, 15) is 17.6 Å². The summed E-state index contributed by atoms with van der Waals surface area (Å²) in [5.74, 6) is -1.12. The van der Waals surface area contributed by atoms with Crippen LogP contribution in [0.4, 0.5) is 10.1 Å². The van der Waals surface area contributed by atoms with Gasteiger partial charge in [-0.05, 0) is 43.7 Å². The first kappa shape index (κ1) is 23.7. The first-order chi connectivity index (χ1) is 17.3. The van der Waals surface area contributed by atoms with Crippen LogP contribution in [0.5, 0.6) is 17.2 Å². The normalized spacial score (nSPS) is 13.3. The molecule has 186 valence electrons. The van der Waals surface area contributed by atoms with E-state index in [-0.39, 0.29) is 39.7 Å². The lowest BCUT2D eigenvalue weighted by Gasteiger charge is -2.33. The van der Waals surface area contributed by atoms with Gasteiger partial charge in [-0.15, -0.1) is 0 Å². The van der Waals surface area contributed by atoms with Gasteiger partial charge in [0.2, 0.25) is 0 Å². The molecule has 1 N–H and O–H groups in total. The van der Waals surface area contributed by atoms with Crippen molar-refractivity contribution in [3.63, 3.8) is 0 Å². The SMILES string of the molecule is CCOc1ccc(Oc2ccccc2)cc1S(=O)(=O)NC(=O)c1cc2c(F)cc(N3CCC3)cc2o1. The van der Waals surface area contributed by atoms with Crippen LogP contribution in [0.1, 0.15) is 23.9 Å². The summed E-state index contributed by atoms with van der Waals surface area (Å²) >= 11 is 0. The Morgan fingerprint density at radius 3 is 2.53 bits per heavy atom. The summed E-state index contributed by atoms with van der Waals surface area (Å²) in [7, 11) is -4.41. The Morgan fingerprint density at radius 2 is 1.83 bits per heavy atom.